The summed E-state index contributed by atoms with van der Waals surface area (Å²) in [7, 11) is 0. The minimum atomic E-state index is -0.503. The topological polar surface area (TPSA) is 20.2 Å². The van der Waals surface area contributed by atoms with Crippen molar-refractivity contribution in [2.75, 3.05) is 0 Å². The van der Waals surface area contributed by atoms with Crippen LogP contribution < -0.4 is 0 Å². The minimum absolute atomic E-state index is 0.503. The Morgan fingerprint density at radius 2 is 2.11 bits per heavy atom. The minimum Gasteiger partial charge on any atom is -0.390 e. The largest absolute Gasteiger partial charge is 0.390 e. The normalized spacial score (nSPS) is 28.6. The van der Waals surface area contributed by atoms with Gasteiger partial charge in [0.2, 0.25) is 0 Å². The van der Waals surface area contributed by atoms with Crippen LogP contribution in [0.1, 0.15) is 45.1 Å². The fourth-order valence-electron chi connectivity index (χ4n) is 3.11. The first kappa shape index (κ1) is 14.1. The standard InChI is InChI=1S/C16H23BrO/c1-12(2)13-7-5-9-16(18,10-13)11-14-6-3-4-8-15(14)17/h3-4,6,8,12-13,18H,5,7,9-11H2,1-2H3. The first-order valence-electron chi connectivity index (χ1n) is 6.96. The second-order valence-electron chi connectivity index (χ2n) is 6.09. The Hall–Kier alpha value is -0.340. The van der Waals surface area contributed by atoms with E-state index in [1.165, 1.54) is 12.0 Å². The lowest BCUT2D eigenvalue weighted by Crippen LogP contribution is -2.38. The van der Waals surface area contributed by atoms with Gasteiger partial charge in [-0.15, -0.1) is 0 Å². The van der Waals surface area contributed by atoms with Crippen LogP contribution in [-0.4, -0.2) is 10.7 Å². The quantitative estimate of drug-likeness (QED) is 0.867. The molecule has 2 rings (SSSR count). The van der Waals surface area contributed by atoms with Crippen LogP contribution in [0, 0.1) is 11.8 Å². The van der Waals surface area contributed by atoms with Gasteiger partial charge in [-0.05, 0) is 42.7 Å². The number of rotatable bonds is 3. The fraction of sp³-hybridized carbons (Fsp3) is 0.625. The first-order chi connectivity index (χ1) is 8.50. The summed E-state index contributed by atoms with van der Waals surface area (Å²) in [6.07, 6.45) is 5.10. The zero-order chi connectivity index (χ0) is 13.2. The molecule has 18 heavy (non-hydrogen) atoms. The molecule has 0 aromatic heterocycles. The molecule has 1 N–H and O–H groups in total. The van der Waals surface area contributed by atoms with E-state index in [0.717, 1.165) is 30.2 Å². The van der Waals surface area contributed by atoms with Crippen molar-refractivity contribution in [1.29, 1.82) is 0 Å². The smallest absolute Gasteiger partial charge is 0.0691 e. The van der Waals surface area contributed by atoms with Gasteiger partial charge in [-0.2, -0.15) is 0 Å². The lowest BCUT2D eigenvalue weighted by molar-refractivity contribution is -0.0240. The molecule has 1 saturated carbocycles. The van der Waals surface area contributed by atoms with Crippen molar-refractivity contribution >= 4 is 15.9 Å². The summed E-state index contributed by atoms with van der Waals surface area (Å²) in [5, 5.41) is 10.8. The molecule has 0 aliphatic heterocycles. The van der Waals surface area contributed by atoms with Crippen LogP contribution in [0.25, 0.3) is 0 Å². The zero-order valence-electron chi connectivity index (χ0n) is 11.3. The van der Waals surface area contributed by atoms with Crippen molar-refractivity contribution in [2.45, 2.75) is 51.6 Å². The van der Waals surface area contributed by atoms with Gasteiger partial charge in [0, 0.05) is 10.9 Å². The number of benzene rings is 1. The van der Waals surface area contributed by atoms with E-state index in [4.69, 9.17) is 0 Å². The maximum absolute atomic E-state index is 10.8. The van der Waals surface area contributed by atoms with Gasteiger partial charge in [0.15, 0.2) is 0 Å². The van der Waals surface area contributed by atoms with Gasteiger partial charge in [-0.25, -0.2) is 0 Å². The number of halogens is 1. The third kappa shape index (κ3) is 3.36. The summed E-state index contributed by atoms with van der Waals surface area (Å²) in [5.41, 5.74) is 0.723. The average Bonchev–Trinajstić information content (AvgIpc) is 2.32. The Labute approximate surface area is 119 Å². The van der Waals surface area contributed by atoms with Gasteiger partial charge in [-0.1, -0.05) is 54.4 Å². The second kappa shape index (κ2) is 5.75. The highest BCUT2D eigenvalue weighted by atomic mass is 79.9. The molecule has 0 saturated heterocycles. The predicted octanol–water partition coefficient (Wildman–Crippen LogP) is 4.57. The van der Waals surface area contributed by atoms with Crippen LogP contribution in [0.2, 0.25) is 0 Å². The van der Waals surface area contributed by atoms with E-state index in [1.54, 1.807) is 0 Å². The van der Waals surface area contributed by atoms with Crippen molar-refractivity contribution in [1.82, 2.24) is 0 Å². The maximum atomic E-state index is 10.8. The lowest BCUT2D eigenvalue weighted by Gasteiger charge is -2.39. The van der Waals surface area contributed by atoms with E-state index in [0.29, 0.717) is 11.8 Å². The second-order valence-corrected chi connectivity index (χ2v) is 6.95. The van der Waals surface area contributed by atoms with E-state index < -0.39 is 5.60 Å². The molecule has 0 bridgehead atoms. The van der Waals surface area contributed by atoms with E-state index in [-0.39, 0.29) is 0 Å². The molecule has 100 valence electrons. The third-order valence-corrected chi connectivity index (χ3v) is 5.05. The molecule has 2 unspecified atom stereocenters. The van der Waals surface area contributed by atoms with Crippen molar-refractivity contribution in [3.63, 3.8) is 0 Å². The van der Waals surface area contributed by atoms with Crippen LogP contribution in [0.3, 0.4) is 0 Å². The van der Waals surface area contributed by atoms with Gasteiger partial charge in [0.05, 0.1) is 5.60 Å². The molecule has 0 radical (unpaired) electrons. The van der Waals surface area contributed by atoms with Gasteiger partial charge in [0.1, 0.15) is 0 Å². The summed E-state index contributed by atoms with van der Waals surface area (Å²) >= 11 is 3.58. The van der Waals surface area contributed by atoms with E-state index in [1.807, 2.05) is 12.1 Å². The van der Waals surface area contributed by atoms with Crippen molar-refractivity contribution in [3.8, 4) is 0 Å². The predicted molar refractivity (Wildman–Crippen MR) is 79.6 cm³/mol. The van der Waals surface area contributed by atoms with Crippen LogP contribution in [0.4, 0.5) is 0 Å². The highest BCUT2D eigenvalue weighted by Crippen LogP contribution is 2.39. The third-order valence-electron chi connectivity index (χ3n) is 4.28. The van der Waals surface area contributed by atoms with Gasteiger partial charge in [0.25, 0.3) is 0 Å². The Morgan fingerprint density at radius 3 is 2.78 bits per heavy atom. The average molecular weight is 311 g/mol. The molecule has 2 atom stereocenters. The maximum Gasteiger partial charge on any atom is 0.0691 e. The molecule has 1 fully saturated rings. The van der Waals surface area contributed by atoms with E-state index >= 15 is 0 Å². The summed E-state index contributed by atoms with van der Waals surface area (Å²) in [4.78, 5) is 0. The van der Waals surface area contributed by atoms with Gasteiger partial charge in [-0.3, -0.25) is 0 Å². The number of aliphatic hydroxyl groups is 1. The molecule has 1 nitrogen and oxygen atoms in total. The molecule has 1 aromatic rings. The summed E-state index contributed by atoms with van der Waals surface area (Å²) in [6.45, 7) is 4.55. The Kier molecular flexibility index (Phi) is 4.50. The van der Waals surface area contributed by atoms with E-state index in [2.05, 4.69) is 41.9 Å². The van der Waals surface area contributed by atoms with Gasteiger partial charge < -0.3 is 5.11 Å². The fourth-order valence-corrected chi connectivity index (χ4v) is 3.54. The molecule has 2 heteroatoms. The van der Waals surface area contributed by atoms with Crippen LogP contribution >= 0.6 is 15.9 Å². The summed E-state index contributed by atoms with van der Waals surface area (Å²) in [6, 6.07) is 8.24. The van der Waals surface area contributed by atoms with Crippen molar-refractivity contribution in [3.05, 3.63) is 34.3 Å². The van der Waals surface area contributed by atoms with Gasteiger partial charge >= 0.3 is 0 Å². The molecule has 1 aliphatic rings. The van der Waals surface area contributed by atoms with Crippen molar-refractivity contribution in [2.24, 2.45) is 11.8 Å². The molecule has 0 heterocycles. The lowest BCUT2D eigenvalue weighted by atomic mass is 9.71. The Balaban J connectivity index is 2.09. The van der Waals surface area contributed by atoms with Crippen LogP contribution in [0.15, 0.2) is 28.7 Å². The monoisotopic (exact) mass is 310 g/mol. The zero-order valence-corrected chi connectivity index (χ0v) is 12.9. The highest BCUT2D eigenvalue weighted by molar-refractivity contribution is 9.10. The Morgan fingerprint density at radius 1 is 1.39 bits per heavy atom. The highest BCUT2D eigenvalue weighted by Gasteiger charge is 2.35. The number of hydrogen-bond acceptors (Lipinski definition) is 1. The SMILES string of the molecule is CC(C)C1CCCC(O)(Cc2ccccc2Br)C1. The van der Waals surface area contributed by atoms with Crippen LogP contribution in [0.5, 0.6) is 0 Å². The van der Waals surface area contributed by atoms with Crippen LogP contribution in [-0.2, 0) is 6.42 Å². The molecule has 1 aliphatic carbocycles. The summed E-state index contributed by atoms with van der Waals surface area (Å²) < 4.78 is 1.12. The molecule has 0 spiro atoms. The van der Waals surface area contributed by atoms with Crippen molar-refractivity contribution < 1.29 is 5.11 Å². The number of hydrogen-bond donors (Lipinski definition) is 1. The molecular formula is C16H23BrO. The summed E-state index contributed by atoms with van der Waals surface area (Å²) in [5.74, 6) is 1.35. The molecular weight excluding hydrogens is 288 g/mol. The first-order valence-corrected chi connectivity index (χ1v) is 7.75. The Bertz CT molecular complexity index is 402. The van der Waals surface area contributed by atoms with E-state index in [9.17, 15) is 5.11 Å². The molecule has 1 aromatic carbocycles. The molecule has 0 amide bonds.